The van der Waals surface area contributed by atoms with Crippen LogP contribution in [0.25, 0.3) is 0 Å². The molecule has 0 aromatic carbocycles. The van der Waals surface area contributed by atoms with Crippen LogP contribution in [0, 0.1) is 17.8 Å². The van der Waals surface area contributed by atoms with Crippen LogP contribution in [-0.2, 0) is 0 Å². The van der Waals surface area contributed by atoms with Crippen LogP contribution in [-0.4, -0.2) is 31.3 Å². The number of aliphatic hydroxyl groups excluding tert-OH is 2. The lowest BCUT2D eigenvalue weighted by atomic mass is 9.76. The standard InChI is InChI=1S/C10H21BO2/c1-2-3-8-7(5-12)4-10(11)9(8)6-13/h7-10,12-13H,2-6,11H2,1H3/t7?,8?,9-,10?/m1/s1. The third kappa shape index (κ3) is 2.26. The van der Waals surface area contributed by atoms with Gasteiger partial charge in [-0.25, -0.2) is 0 Å². The molecule has 4 atom stereocenters. The minimum absolute atomic E-state index is 0.294. The molecule has 1 aliphatic carbocycles. The largest absolute Gasteiger partial charge is 0.396 e. The van der Waals surface area contributed by atoms with E-state index in [9.17, 15) is 10.2 Å². The smallest absolute Gasteiger partial charge is 0.105 e. The molecule has 3 heteroatoms. The Morgan fingerprint density at radius 2 is 1.92 bits per heavy atom. The molecule has 1 saturated carbocycles. The third-order valence-corrected chi connectivity index (χ3v) is 3.63. The zero-order valence-electron chi connectivity index (χ0n) is 8.74. The molecule has 0 aromatic rings. The summed E-state index contributed by atoms with van der Waals surface area (Å²) in [7, 11) is 2.19. The van der Waals surface area contributed by atoms with Crippen molar-refractivity contribution in [2.24, 2.45) is 17.8 Å². The van der Waals surface area contributed by atoms with E-state index in [4.69, 9.17) is 0 Å². The van der Waals surface area contributed by atoms with Crippen molar-refractivity contribution in [3.8, 4) is 0 Å². The molecule has 0 aliphatic heterocycles. The summed E-state index contributed by atoms with van der Waals surface area (Å²) in [5.74, 6) is 2.00. The predicted octanol–water partition coefficient (Wildman–Crippen LogP) is 0.445. The highest BCUT2D eigenvalue weighted by Crippen LogP contribution is 2.45. The monoisotopic (exact) mass is 184 g/mol. The lowest BCUT2D eigenvalue weighted by molar-refractivity contribution is 0.138. The second-order valence-corrected chi connectivity index (χ2v) is 4.45. The van der Waals surface area contributed by atoms with E-state index in [0.717, 1.165) is 19.3 Å². The zero-order chi connectivity index (χ0) is 9.84. The first-order chi connectivity index (χ1) is 6.24. The van der Waals surface area contributed by atoms with Crippen molar-refractivity contribution in [1.82, 2.24) is 0 Å². The minimum Gasteiger partial charge on any atom is -0.396 e. The van der Waals surface area contributed by atoms with Crippen LogP contribution in [0.3, 0.4) is 0 Å². The van der Waals surface area contributed by atoms with Crippen molar-refractivity contribution >= 4 is 7.85 Å². The average molecular weight is 184 g/mol. The minimum atomic E-state index is 0.294. The first-order valence-corrected chi connectivity index (χ1v) is 5.46. The Morgan fingerprint density at radius 1 is 1.23 bits per heavy atom. The van der Waals surface area contributed by atoms with E-state index in [1.54, 1.807) is 0 Å². The molecular weight excluding hydrogens is 163 g/mol. The number of rotatable bonds is 4. The second-order valence-electron chi connectivity index (χ2n) is 4.45. The first-order valence-electron chi connectivity index (χ1n) is 5.46. The fourth-order valence-corrected chi connectivity index (χ4v) is 2.91. The second kappa shape index (κ2) is 5.01. The first kappa shape index (κ1) is 11.1. The van der Waals surface area contributed by atoms with Gasteiger partial charge in [0.15, 0.2) is 0 Å². The third-order valence-electron chi connectivity index (χ3n) is 3.63. The molecule has 13 heavy (non-hydrogen) atoms. The van der Waals surface area contributed by atoms with E-state index in [1.165, 1.54) is 0 Å². The van der Waals surface area contributed by atoms with Crippen molar-refractivity contribution in [1.29, 1.82) is 0 Å². The topological polar surface area (TPSA) is 40.5 Å². The SMILES string of the molecule is BC1CC(CO)C(CCC)[C@H]1CO. The molecule has 0 heterocycles. The lowest BCUT2D eigenvalue weighted by Crippen LogP contribution is -2.21. The highest BCUT2D eigenvalue weighted by molar-refractivity contribution is 6.12. The van der Waals surface area contributed by atoms with Gasteiger partial charge in [0.25, 0.3) is 0 Å². The van der Waals surface area contributed by atoms with Gasteiger partial charge in [0.05, 0.1) is 0 Å². The Labute approximate surface area is 81.8 Å². The van der Waals surface area contributed by atoms with E-state index in [0.29, 0.717) is 36.8 Å². The molecule has 1 rings (SSSR count). The summed E-state index contributed by atoms with van der Waals surface area (Å²) in [6.45, 7) is 2.76. The van der Waals surface area contributed by atoms with Crippen molar-refractivity contribution < 1.29 is 10.2 Å². The maximum atomic E-state index is 9.27. The fourth-order valence-electron chi connectivity index (χ4n) is 2.91. The molecule has 76 valence electrons. The molecule has 0 spiro atoms. The number of aliphatic hydroxyl groups is 2. The summed E-state index contributed by atoms with van der Waals surface area (Å²) in [4.78, 5) is 0. The van der Waals surface area contributed by atoms with Crippen LogP contribution in [0.2, 0.25) is 5.82 Å². The summed E-state index contributed by atoms with van der Waals surface area (Å²) in [6.07, 6.45) is 3.40. The summed E-state index contributed by atoms with van der Waals surface area (Å²) in [5, 5.41) is 18.5. The molecule has 0 radical (unpaired) electrons. The summed E-state index contributed by atoms with van der Waals surface area (Å²) in [5.41, 5.74) is 0. The average Bonchev–Trinajstić information content (AvgIpc) is 2.43. The van der Waals surface area contributed by atoms with Crippen LogP contribution >= 0.6 is 0 Å². The van der Waals surface area contributed by atoms with Crippen molar-refractivity contribution in [2.45, 2.75) is 32.0 Å². The van der Waals surface area contributed by atoms with Gasteiger partial charge in [0.1, 0.15) is 7.85 Å². The van der Waals surface area contributed by atoms with Gasteiger partial charge in [-0.3, -0.25) is 0 Å². The fraction of sp³-hybridized carbons (Fsp3) is 1.00. The Hall–Kier alpha value is -0.0151. The van der Waals surface area contributed by atoms with Gasteiger partial charge in [-0.1, -0.05) is 32.0 Å². The van der Waals surface area contributed by atoms with Crippen molar-refractivity contribution in [3.63, 3.8) is 0 Å². The quantitative estimate of drug-likeness (QED) is 0.622. The van der Waals surface area contributed by atoms with Gasteiger partial charge in [-0.2, -0.15) is 0 Å². The Bertz CT molecular complexity index is 152. The van der Waals surface area contributed by atoms with Crippen LogP contribution in [0.15, 0.2) is 0 Å². The Morgan fingerprint density at radius 3 is 2.38 bits per heavy atom. The van der Waals surface area contributed by atoms with E-state index in [1.807, 2.05) is 0 Å². The van der Waals surface area contributed by atoms with E-state index in [2.05, 4.69) is 14.8 Å². The molecule has 0 aromatic heterocycles. The van der Waals surface area contributed by atoms with Gasteiger partial charge < -0.3 is 10.2 Å². The molecule has 2 nitrogen and oxygen atoms in total. The maximum Gasteiger partial charge on any atom is 0.105 e. The zero-order valence-corrected chi connectivity index (χ0v) is 8.74. The van der Waals surface area contributed by atoms with Crippen molar-refractivity contribution in [3.05, 3.63) is 0 Å². The van der Waals surface area contributed by atoms with E-state index < -0.39 is 0 Å². The predicted molar refractivity (Wildman–Crippen MR) is 56.5 cm³/mol. The summed E-state index contributed by atoms with van der Waals surface area (Å²) < 4.78 is 0. The number of hydrogen-bond acceptors (Lipinski definition) is 2. The van der Waals surface area contributed by atoms with E-state index >= 15 is 0 Å². The van der Waals surface area contributed by atoms with Gasteiger partial charge >= 0.3 is 0 Å². The highest BCUT2D eigenvalue weighted by atomic mass is 16.3. The van der Waals surface area contributed by atoms with Gasteiger partial charge in [-0.15, -0.1) is 0 Å². The van der Waals surface area contributed by atoms with Crippen molar-refractivity contribution in [2.75, 3.05) is 13.2 Å². The Balaban J connectivity index is 2.60. The maximum absolute atomic E-state index is 9.27. The molecule has 1 fully saturated rings. The van der Waals surface area contributed by atoms with Gasteiger partial charge in [-0.05, 0) is 17.8 Å². The van der Waals surface area contributed by atoms with Crippen LogP contribution < -0.4 is 0 Å². The van der Waals surface area contributed by atoms with Crippen LogP contribution in [0.1, 0.15) is 26.2 Å². The molecular formula is C10H21BO2. The normalized spacial score (nSPS) is 39.6. The molecule has 2 N–H and O–H groups in total. The highest BCUT2D eigenvalue weighted by Gasteiger charge is 2.39. The molecule has 0 bridgehead atoms. The van der Waals surface area contributed by atoms with Crippen LogP contribution in [0.4, 0.5) is 0 Å². The number of hydrogen-bond donors (Lipinski definition) is 2. The lowest BCUT2D eigenvalue weighted by Gasteiger charge is -2.23. The summed E-state index contributed by atoms with van der Waals surface area (Å²) in [6, 6.07) is 0. The molecule has 1 aliphatic rings. The van der Waals surface area contributed by atoms with Gasteiger partial charge in [0, 0.05) is 13.2 Å². The van der Waals surface area contributed by atoms with Gasteiger partial charge in [0.2, 0.25) is 0 Å². The molecule has 0 saturated heterocycles. The van der Waals surface area contributed by atoms with E-state index in [-0.39, 0.29) is 0 Å². The Kier molecular flexibility index (Phi) is 4.27. The summed E-state index contributed by atoms with van der Waals surface area (Å²) >= 11 is 0. The molecule has 3 unspecified atom stereocenters. The molecule has 0 amide bonds. The van der Waals surface area contributed by atoms with Crippen LogP contribution in [0.5, 0.6) is 0 Å².